The van der Waals surface area contributed by atoms with Gasteiger partial charge in [0.15, 0.2) is 0 Å². The molecule has 0 saturated carbocycles. The second-order valence-corrected chi connectivity index (χ2v) is 2.52. The van der Waals surface area contributed by atoms with E-state index in [4.69, 9.17) is 16.3 Å². The molecule has 0 bridgehead atoms. The molecule has 5 heteroatoms. The molecule has 0 N–H and O–H groups in total. The van der Waals surface area contributed by atoms with Gasteiger partial charge in [-0.05, 0) is 11.6 Å². The molecule has 0 aromatic heterocycles. The van der Waals surface area contributed by atoms with E-state index in [0.29, 0.717) is 0 Å². The summed E-state index contributed by atoms with van der Waals surface area (Å²) in [7, 11) is 1.37. The number of dihydropyridines is 1. The number of methoxy groups -OCH3 is 1. The molecule has 1 amide bonds. The Morgan fingerprint density at radius 1 is 1.75 bits per heavy atom. The maximum Gasteiger partial charge on any atom is 0.272 e. The van der Waals surface area contributed by atoms with Crippen LogP contribution >= 0.6 is 11.6 Å². The van der Waals surface area contributed by atoms with Crippen LogP contribution in [0.5, 0.6) is 0 Å². The average molecular weight is 188 g/mol. The number of halogens is 1. The van der Waals surface area contributed by atoms with E-state index in [2.05, 4.69) is 4.99 Å². The minimum atomic E-state index is -0.727. The van der Waals surface area contributed by atoms with Gasteiger partial charge in [0.25, 0.3) is 5.91 Å². The van der Waals surface area contributed by atoms with Crippen LogP contribution < -0.4 is 0 Å². The standard InChI is InChI=1S/C7H6ClNO3/c1-12-5-2-6(10)9-3-4(5)7(8)11/h2-4H,1H3. The molecular formula is C7H6ClNO3. The third kappa shape index (κ3) is 1.71. The summed E-state index contributed by atoms with van der Waals surface area (Å²) >= 11 is 5.22. The van der Waals surface area contributed by atoms with Crippen LogP contribution in [0.4, 0.5) is 0 Å². The van der Waals surface area contributed by atoms with Gasteiger partial charge >= 0.3 is 0 Å². The van der Waals surface area contributed by atoms with Crippen molar-refractivity contribution in [3.63, 3.8) is 0 Å². The molecule has 12 heavy (non-hydrogen) atoms. The van der Waals surface area contributed by atoms with Crippen LogP contribution in [-0.2, 0) is 14.3 Å². The number of carbonyl (C=O) groups is 2. The quantitative estimate of drug-likeness (QED) is 0.592. The summed E-state index contributed by atoms with van der Waals surface area (Å²) in [4.78, 5) is 24.8. The zero-order valence-electron chi connectivity index (χ0n) is 6.28. The first kappa shape index (κ1) is 8.93. The number of hydrogen-bond donors (Lipinski definition) is 0. The highest BCUT2D eigenvalue weighted by Gasteiger charge is 2.24. The van der Waals surface area contributed by atoms with Gasteiger partial charge in [0, 0.05) is 12.3 Å². The Kier molecular flexibility index (Phi) is 2.60. The average Bonchev–Trinajstić information content (AvgIpc) is 2.03. The van der Waals surface area contributed by atoms with Gasteiger partial charge in [0.05, 0.1) is 7.11 Å². The molecule has 0 aliphatic carbocycles. The summed E-state index contributed by atoms with van der Waals surface area (Å²) in [6.07, 6.45) is 2.32. The Balaban J connectivity index is 2.90. The fraction of sp³-hybridized carbons (Fsp3) is 0.286. The molecule has 0 spiro atoms. The Hall–Kier alpha value is -1.16. The van der Waals surface area contributed by atoms with Gasteiger partial charge in [0.1, 0.15) is 11.7 Å². The third-order valence-corrected chi connectivity index (χ3v) is 1.64. The highest BCUT2D eigenvalue weighted by atomic mass is 35.5. The van der Waals surface area contributed by atoms with Crippen LogP contribution in [0.25, 0.3) is 0 Å². The fourth-order valence-electron chi connectivity index (χ4n) is 0.827. The van der Waals surface area contributed by atoms with E-state index in [1.165, 1.54) is 13.3 Å². The van der Waals surface area contributed by atoms with Crippen LogP contribution in [0.1, 0.15) is 0 Å². The predicted octanol–water partition coefficient (Wildman–Crippen LogP) is 0.509. The second-order valence-electron chi connectivity index (χ2n) is 2.15. The van der Waals surface area contributed by atoms with Crippen molar-refractivity contribution in [3.05, 3.63) is 11.8 Å². The zero-order chi connectivity index (χ0) is 9.14. The van der Waals surface area contributed by atoms with E-state index in [0.717, 1.165) is 6.08 Å². The Labute approximate surface area is 73.9 Å². The molecule has 0 aromatic carbocycles. The van der Waals surface area contributed by atoms with Gasteiger partial charge < -0.3 is 4.74 Å². The van der Waals surface area contributed by atoms with E-state index in [-0.39, 0.29) is 5.76 Å². The van der Waals surface area contributed by atoms with E-state index in [1.807, 2.05) is 0 Å². The predicted molar refractivity (Wildman–Crippen MR) is 42.9 cm³/mol. The molecule has 1 atom stereocenters. The van der Waals surface area contributed by atoms with Gasteiger partial charge in [-0.1, -0.05) is 0 Å². The first-order valence-corrected chi connectivity index (χ1v) is 3.56. The number of allylic oxidation sites excluding steroid dienone is 1. The van der Waals surface area contributed by atoms with Crippen LogP contribution in [0.15, 0.2) is 16.8 Å². The molecule has 4 nitrogen and oxygen atoms in total. The lowest BCUT2D eigenvalue weighted by molar-refractivity contribution is -0.114. The maximum absolute atomic E-state index is 10.7. The molecule has 1 aliphatic heterocycles. The van der Waals surface area contributed by atoms with E-state index in [1.54, 1.807) is 0 Å². The van der Waals surface area contributed by atoms with Crippen molar-refractivity contribution < 1.29 is 14.3 Å². The number of carbonyl (C=O) groups excluding carboxylic acids is 2. The fourth-order valence-corrected chi connectivity index (χ4v) is 0.990. The van der Waals surface area contributed by atoms with Crippen LogP contribution in [0, 0.1) is 5.92 Å². The Bertz CT molecular complexity index is 282. The largest absolute Gasteiger partial charge is 0.500 e. The molecule has 1 heterocycles. The molecule has 0 aromatic rings. The van der Waals surface area contributed by atoms with E-state index >= 15 is 0 Å². The number of nitrogens with zero attached hydrogens (tertiary/aromatic N) is 1. The number of amides is 1. The lowest BCUT2D eigenvalue weighted by Gasteiger charge is -2.12. The van der Waals surface area contributed by atoms with Gasteiger partial charge in [-0.3, -0.25) is 9.59 Å². The molecular weight excluding hydrogens is 182 g/mol. The minimum Gasteiger partial charge on any atom is -0.500 e. The summed E-state index contributed by atoms with van der Waals surface area (Å²) in [5.41, 5.74) is 0. The van der Waals surface area contributed by atoms with Crippen molar-refractivity contribution in [2.24, 2.45) is 10.9 Å². The molecule has 0 radical (unpaired) electrons. The number of ether oxygens (including phenoxy) is 1. The van der Waals surface area contributed by atoms with E-state index < -0.39 is 17.1 Å². The van der Waals surface area contributed by atoms with E-state index in [9.17, 15) is 9.59 Å². The smallest absolute Gasteiger partial charge is 0.272 e. The van der Waals surface area contributed by atoms with Crippen LogP contribution in [0.2, 0.25) is 0 Å². The number of aliphatic imine (C=N–C) groups is 1. The van der Waals surface area contributed by atoms with Gasteiger partial charge in [-0.25, -0.2) is 4.99 Å². The molecule has 1 unspecified atom stereocenters. The van der Waals surface area contributed by atoms with Crippen molar-refractivity contribution in [1.29, 1.82) is 0 Å². The van der Waals surface area contributed by atoms with Crippen molar-refractivity contribution in [3.8, 4) is 0 Å². The highest BCUT2D eigenvalue weighted by Crippen LogP contribution is 2.16. The molecule has 0 fully saturated rings. The monoisotopic (exact) mass is 187 g/mol. The van der Waals surface area contributed by atoms with Crippen molar-refractivity contribution in [1.82, 2.24) is 0 Å². The molecule has 1 rings (SSSR count). The first-order valence-electron chi connectivity index (χ1n) is 3.18. The van der Waals surface area contributed by atoms with Gasteiger partial charge in [-0.15, -0.1) is 0 Å². The third-order valence-electron chi connectivity index (χ3n) is 1.40. The zero-order valence-corrected chi connectivity index (χ0v) is 7.04. The topological polar surface area (TPSA) is 55.7 Å². The lowest BCUT2D eigenvalue weighted by atomic mass is 10.1. The summed E-state index contributed by atoms with van der Waals surface area (Å²) in [6, 6.07) is 0. The minimum absolute atomic E-state index is 0.231. The molecule has 64 valence electrons. The second kappa shape index (κ2) is 3.49. The maximum atomic E-state index is 10.7. The lowest BCUT2D eigenvalue weighted by Crippen LogP contribution is -2.19. The Morgan fingerprint density at radius 3 is 2.92 bits per heavy atom. The summed E-state index contributed by atoms with van der Waals surface area (Å²) in [6.45, 7) is 0. The summed E-state index contributed by atoms with van der Waals surface area (Å²) in [5, 5.41) is -0.612. The Morgan fingerprint density at radius 2 is 2.42 bits per heavy atom. The van der Waals surface area contributed by atoms with Gasteiger partial charge in [-0.2, -0.15) is 0 Å². The van der Waals surface area contributed by atoms with Crippen molar-refractivity contribution in [2.75, 3.05) is 7.11 Å². The summed E-state index contributed by atoms with van der Waals surface area (Å²) in [5.74, 6) is -0.939. The van der Waals surface area contributed by atoms with Crippen LogP contribution in [0.3, 0.4) is 0 Å². The van der Waals surface area contributed by atoms with Crippen LogP contribution in [-0.4, -0.2) is 24.5 Å². The summed E-state index contributed by atoms with van der Waals surface area (Å²) < 4.78 is 4.78. The van der Waals surface area contributed by atoms with Crippen molar-refractivity contribution in [2.45, 2.75) is 0 Å². The number of hydrogen-bond acceptors (Lipinski definition) is 3. The normalized spacial score (nSPS) is 22.0. The first-order chi connectivity index (χ1) is 5.65. The molecule has 0 saturated heterocycles. The highest BCUT2D eigenvalue weighted by molar-refractivity contribution is 6.65. The van der Waals surface area contributed by atoms with Gasteiger partial charge in [0.2, 0.25) is 5.24 Å². The van der Waals surface area contributed by atoms with Crippen molar-refractivity contribution >= 4 is 29.0 Å². The molecule has 1 aliphatic rings. The SMILES string of the molecule is COC1=CC(=O)N=CC1C(=O)Cl. The number of rotatable bonds is 2.